The second-order valence-electron chi connectivity index (χ2n) is 5.44. The van der Waals surface area contributed by atoms with Crippen LogP contribution in [0.15, 0.2) is 12.3 Å². The summed E-state index contributed by atoms with van der Waals surface area (Å²) in [5.41, 5.74) is 1.94. The molecule has 3 N–H and O–H groups in total. The van der Waals surface area contributed by atoms with Gasteiger partial charge in [0.05, 0.1) is 11.7 Å². The molecule has 1 amide bonds. The van der Waals surface area contributed by atoms with E-state index in [1.54, 1.807) is 6.07 Å². The number of aromatic amines is 1. The highest BCUT2D eigenvalue weighted by atomic mass is 16.3. The normalized spacial score (nSPS) is 12.8. The van der Waals surface area contributed by atoms with E-state index in [4.69, 9.17) is 0 Å². The molecule has 108 valence electrons. The fraction of sp³-hybridized carbons (Fsp3) is 0.500. The van der Waals surface area contributed by atoms with Crippen molar-refractivity contribution in [3.8, 4) is 0 Å². The molecule has 2 aromatic rings. The molecule has 0 aromatic carbocycles. The summed E-state index contributed by atoms with van der Waals surface area (Å²) in [6.07, 6.45) is 1.64. The first-order chi connectivity index (χ1) is 9.47. The molecule has 0 spiro atoms. The number of hydrogen-bond acceptors (Lipinski definition) is 4. The van der Waals surface area contributed by atoms with Crippen molar-refractivity contribution < 1.29 is 9.90 Å². The van der Waals surface area contributed by atoms with E-state index in [0.717, 1.165) is 11.1 Å². The lowest BCUT2D eigenvalue weighted by molar-refractivity contribution is 0.0900. The van der Waals surface area contributed by atoms with E-state index in [0.29, 0.717) is 23.5 Å². The molecule has 0 bridgehead atoms. The highest BCUT2D eigenvalue weighted by Crippen LogP contribution is 2.14. The quantitative estimate of drug-likeness (QED) is 0.770. The van der Waals surface area contributed by atoms with Gasteiger partial charge in [-0.1, -0.05) is 13.8 Å². The molecular weight excluding hydrogens is 256 g/mol. The molecule has 0 aliphatic rings. The minimum Gasteiger partial charge on any atom is -0.391 e. The number of amides is 1. The number of pyridine rings is 1. The van der Waals surface area contributed by atoms with Gasteiger partial charge in [0.2, 0.25) is 0 Å². The third kappa shape index (κ3) is 3.33. The van der Waals surface area contributed by atoms with E-state index >= 15 is 0 Å². The molecule has 1 unspecified atom stereocenters. The van der Waals surface area contributed by atoms with Crippen LogP contribution in [0.1, 0.15) is 36.3 Å². The van der Waals surface area contributed by atoms with Gasteiger partial charge in [0, 0.05) is 23.8 Å². The zero-order chi connectivity index (χ0) is 14.7. The van der Waals surface area contributed by atoms with Crippen LogP contribution in [0.3, 0.4) is 0 Å². The topological polar surface area (TPSA) is 90.9 Å². The predicted molar refractivity (Wildman–Crippen MR) is 76.4 cm³/mol. The van der Waals surface area contributed by atoms with Gasteiger partial charge >= 0.3 is 0 Å². The molecule has 0 saturated heterocycles. The maximum atomic E-state index is 12.0. The van der Waals surface area contributed by atoms with Gasteiger partial charge in [0.1, 0.15) is 0 Å². The molecule has 6 nitrogen and oxygen atoms in total. The van der Waals surface area contributed by atoms with E-state index in [-0.39, 0.29) is 12.5 Å². The number of rotatable bonds is 5. The number of aliphatic hydroxyl groups is 1. The van der Waals surface area contributed by atoms with Gasteiger partial charge in [-0.05, 0) is 25.3 Å². The van der Waals surface area contributed by atoms with Crippen molar-refractivity contribution in [3.05, 3.63) is 23.5 Å². The highest BCUT2D eigenvalue weighted by Gasteiger charge is 2.12. The van der Waals surface area contributed by atoms with Gasteiger partial charge in [-0.15, -0.1) is 0 Å². The molecule has 1 atom stereocenters. The molecular formula is C14H20N4O2. The minimum atomic E-state index is -0.522. The number of aliphatic hydroxyl groups excluding tert-OH is 1. The maximum Gasteiger partial charge on any atom is 0.252 e. The summed E-state index contributed by atoms with van der Waals surface area (Å²) in [6.45, 7) is 6.19. The fourth-order valence-electron chi connectivity index (χ4n) is 2.08. The number of aromatic nitrogens is 3. The van der Waals surface area contributed by atoms with Gasteiger partial charge in [0.15, 0.2) is 5.65 Å². The van der Waals surface area contributed by atoms with Crippen LogP contribution < -0.4 is 5.32 Å². The third-order valence-electron chi connectivity index (χ3n) is 3.10. The predicted octanol–water partition coefficient (Wildman–Crippen LogP) is 1.40. The number of H-pyrrole nitrogens is 1. The SMILES string of the molecule is Cc1[nH]nc2ncc(C(=O)NCC(O)CC(C)C)cc12. The van der Waals surface area contributed by atoms with E-state index in [1.807, 2.05) is 20.8 Å². The van der Waals surface area contributed by atoms with Gasteiger partial charge in [-0.25, -0.2) is 4.98 Å². The summed E-state index contributed by atoms with van der Waals surface area (Å²) in [6, 6.07) is 1.76. The van der Waals surface area contributed by atoms with E-state index in [2.05, 4.69) is 20.5 Å². The fourth-order valence-corrected chi connectivity index (χ4v) is 2.08. The van der Waals surface area contributed by atoms with Crippen LogP contribution in [-0.2, 0) is 0 Å². The second-order valence-corrected chi connectivity index (χ2v) is 5.44. The van der Waals surface area contributed by atoms with Gasteiger partial charge in [0.25, 0.3) is 5.91 Å². The molecule has 0 radical (unpaired) electrons. The van der Waals surface area contributed by atoms with Crippen molar-refractivity contribution in [2.24, 2.45) is 5.92 Å². The number of aryl methyl sites for hydroxylation is 1. The Morgan fingerprint density at radius 3 is 2.95 bits per heavy atom. The summed E-state index contributed by atoms with van der Waals surface area (Å²) in [7, 11) is 0. The molecule has 0 aliphatic carbocycles. The molecule has 2 aromatic heterocycles. The number of nitrogens with zero attached hydrogens (tertiary/aromatic N) is 2. The van der Waals surface area contributed by atoms with Gasteiger partial charge in [-0.2, -0.15) is 5.10 Å². The first-order valence-corrected chi connectivity index (χ1v) is 6.74. The lowest BCUT2D eigenvalue weighted by Crippen LogP contribution is -2.32. The third-order valence-corrected chi connectivity index (χ3v) is 3.10. The molecule has 0 fully saturated rings. The van der Waals surface area contributed by atoms with Crippen molar-refractivity contribution in [2.45, 2.75) is 33.3 Å². The van der Waals surface area contributed by atoms with Crippen LogP contribution in [0.4, 0.5) is 0 Å². The van der Waals surface area contributed by atoms with Gasteiger partial charge in [-0.3, -0.25) is 9.89 Å². The van der Waals surface area contributed by atoms with Crippen molar-refractivity contribution in [1.82, 2.24) is 20.5 Å². The molecule has 0 saturated carbocycles. The Bertz CT molecular complexity index is 606. The average Bonchev–Trinajstić information content (AvgIpc) is 2.76. The Morgan fingerprint density at radius 2 is 2.25 bits per heavy atom. The summed E-state index contributed by atoms with van der Waals surface area (Å²) >= 11 is 0. The molecule has 0 aliphatic heterocycles. The van der Waals surface area contributed by atoms with E-state index in [9.17, 15) is 9.90 Å². The zero-order valence-corrected chi connectivity index (χ0v) is 12.0. The molecule has 2 rings (SSSR count). The number of nitrogens with one attached hydrogen (secondary N) is 2. The Morgan fingerprint density at radius 1 is 1.50 bits per heavy atom. The van der Waals surface area contributed by atoms with Crippen LogP contribution in [0.25, 0.3) is 11.0 Å². The summed E-state index contributed by atoms with van der Waals surface area (Å²) in [5, 5.41) is 20.2. The summed E-state index contributed by atoms with van der Waals surface area (Å²) < 4.78 is 0. The monoisotopic (exact) mass is 276 g/mol. The number of carbonyl (C=O) groups is 1. The smallest absolute Gasteiger partial charge is 0.252 e. The highest BCUT2D eigenvalue weighted by molar-refractivity contribution is 5.97. The number of hydrogen-bond donors (Lipinski definition) is 3. The molecule has 6 heteroatoms. The lowest BCUT2D eigenvalue weighted by atomic mass is 10.1. The Kier molecular flexibility index (Phi) is 4.34. The van der Waals surface area contributed by atoms with Crippen LogP contribution in [0, 0.1) is 12.8 Å². The lowest BCUT2D eigenvalue weighted by Gasteiger charge is -2.13. The number of carbonyl (C=O) groups excluding carboxylic acids is 1. The van der Waals surface area contributed by atoms with Crippen LogP contribution in [0.2, 0.25) is 0 Å². The first kappa shape index (κ1) is 14.5. The average molecular weight is 276 g/mol. The van der Waals surface area contributed by atoms with Crippen molar-refractivity contribution >= 4 is 16.9 Å². The summed E-state index contributed by atoms with van der Waals surface area (Å²) in [5.74, 6) is 0.163. The van der Waals surface area contributed by atoms with Crippen LogP contribution in [-0.4, -0.2) is 38.8 Å². The molecule has 2 heterocycles. The van der Waals surface area contributed by atoms with Crippen molar-refractivity contribution in [1.29, 1.82) is 0 Å². The largest absolute Gasteiger partial charge is 0.391 e. The second kappa shape index (κ2) is 6.00. The van der Waals surface area contributed by atoms with E-state index < -0.39 is 6.10 Å². The first-order valence-electron chi connectivity index (χ1n) is 6.74. The minimum absolute atomic E-state index is 0.234. The van der Waals surface area contributed by atoms with Crippen molar-refractivity contribution in [2.75, 3.05) is 6.54 Å². The molecule has 20 heavy (non-hydrogen) atoms. The summed E-state index contributed by atoms with van der Waals surface area (Å²) in [4.78, 5) is 16.2. The van der Waals surface area contributed by atoms with E-state index in [1.165, 1.54) is 6.20 Å². The van der Waals surface area contributed by atoms with Crippen molar-refractivity contribution in [3.63, 3.8) is 0 Å². The zero-order valence-electron chi connectivity index (χ0n) is 12.0. The van der Waals surface area contributed by atoms with Crippen LogP contribution in [0.5, 0.6) is 0 Å². The maximum absolute atomic E-state index is 12.0. The standard InChI is InChI=1S/C14H20N4O2/c1-8(2)4-11(19)7-16-14(20)10-5-12-9(3)17-18-13(12)15-6-10/h5-6,8,11,19H,4,7H2,1-3H3,(H,16,20)(H,15,17,18). The Balaban J connectivity index is 2.02. The van der Waals surface area contributed by atoms with Gasteiger partial charge < -0.3 is 10.4 Å². The number of fused-ring (bicyclic) bond motifs is 1. The Hall–Kier alpha value is -1.95. The Labute approximate surface area is 117 Å². The van der Waals surface area contributed by atoms with Crippen LogP contribution >= 0.6 is 0 Å².